The maximum atomic E-state index is 10.9. The van der Waals surface area contributed by atoms with Gasteiger partial charge in [-0.1, -0.05) is 5.16 Å². The average molecular weight is 292 g/mol. The second kappa shape index (κ2) is 6.09. The number of hydrogen-bond donors (Lipinski definition) is 1. The molecule has 3 rings (SSSR count). The number of nitrogens with zero attached hydrogens (tertiary/aromatic N) is 2. The summed E-state index contributed by atoms with van der Waals surface area (Å²) in [5, 5.41) is 12.8. The van der Waals surface area contributed by atoms with Gasteiger partial charge in [0.1, 0.15) is 6.61 Å². The van der Waals surface area contributed by atoms with Gasteiger partial charge in [-0.25, -0.2) is 0 Å². The molecule has 0 bridgehead atoms. The lowest BCUT2D eigenvalue weighted by atomic mass is 9.87. The van der Waals surface area contributed by atoms with Gasteiger partial charge in [0.05, 0.1) is 18.3 Å². The van der Waals surface area contributed by atoms with Crippen molar-refractivity contribution in [1.29, 1.82) is 0 Å². The lowest BCUT2D eigenvalue weighted by Crippen LogP contribution is -2.25. The predicted octanol–water partition coefficient (Wildman–Crippen LogP) is 2.49. The van der Waals surface area contributed by atoms with Gasteiger partial charge in [-0.3, -0.25) is 4.79 Å². The van der Waals surface area contributed by atoms with Gasteiger partial charge in [0.2, 0.25) is 5.82 Å². The Kier molecular flexibility index (Phi) is 4.01. The molecule has 0 radical (unpaired) electrons. The first kappa shape index (κ1) is 13.8. The number of carbonyl (C=O) groups is 1. The van der Waals surface area contributed by atoms with E-state index in [4.69, 9.17) is 18.8 Å². The summed E-state index contributed by atoms with van der Waals surface area (Å²) in [5.74, 6) is 0.383. The van der Waals surface area contributed by atoms with Crippen LogP contribution in [0.5, 0.6) is 0 Å². The molecule has 1 fully saturated rings. The van der Waals surface area contributed by atoms with E-state index in [-0.39, 0.29) is 18.6 Å². The van der Waals surface area contributed by atoms with E-state index in [1.165, 1.54) is 0 Å². The fourth-order valence-electron chi connectivity index (χ4n) is 2.48. The van der Waals surface area contributed by atoms with Crippen molar-refractivity contribution in [2.45, 2.75) is 38.4 Å². The van der Waals surface area contributed by atoms with E-state index in [0.29, 0.717) is 30.3 Å². The number of aromatic nitrogens is 2. The van der Waals surface area contributed by atoms with Gasteiger partial charge < -0.3 is 18.8 Å². The van der Waals surface area contributed by atoms with Crippen molar-refractivity contribution in [2.75, 3.05) is 0 Å². The van der Waals surface area contributed by atoms with Gasteiger partial charge in [0.25, 0.3) is 5.89 Å². The minimum atomic E-state index is -0.714. The SMILES string of the molecule is O=C(O)C1CCC(OCc2nc(-c3ccco3)no2)CC1. The zero-order valence-electron chi connectivity index (χ0n) is 11.4. The van der Waals surface area contributed by atoms with Crippen molar-refractivity contribution in [2.24, 2.45) is 5.92 Å². The van der Waals surface area contributed by atoms with E-state index in [9.17, 15) is 4.79 Å². The number of furan rings is 1. The van der Waals surface area contributed by atoms with Crippen LogP contribution in [0, 0.1) is 5.92 Å². The van der Waals surface area contributed by atoms with E-state index >= 15 is 0 Å². The largest absolute Gasteiger partial charge is 0.481 e. The van der Waals surface area contributed by atoms with Crippen molar-refractivity contribution < 1.29 is 23.6 Å². The van der Waals surface area contributed by atoms with Crippen molar-refractivity contribution in [3.63, 3.8) is 0 Å². The summed E-state index contributed by atoms with van der Waals surface area (Å²) < 4.78 is 16.0. The van der Waals surface area contributed by atoms with E-state index in [1.807, 2.05) is 0 Å². The Hall–Kier alpha value is -2.15. The highest BCUT2D eigenvalue weighted by atomic mass is 16.5. The predicted molar refractivity (Wildman–Crippen MR) is 70.2 cm³/mol. The second-order valence-corrected chi connectivity index (χ2v) is 5.11. The normalized spacial score (nSPS) is 22.3. The van der Waals surface area contributed by atoms with Crippen molar-refractivity contribution in [3.8, 4) is 11.6 Å². The lowest BCUT2D eigenvalue weighted by molar-refractivity contribution is -0.144. The molecule has 0 atom stereocenters. The molecule has 0 aliphatic heterocycles. The van der Waals surface area contributed by atoms with Crippen LogP contribution in [0.1, 0.15) is 31.6 Å². The summed E-state index contributed by atoms with van der Waals surface area (Å²) in [6, 6.07) is 3.51. The van der Waals surface area contributed by atoms with Crippen molar-refractivity contribution in [1.82, 2.24) is 10.1 Å². The van der Waals surface area contributed by atoms with Gasteiger partial charge in [-0.05, 0) is 37.8 Å². The summed E-state index contributed by atoms with van der Waals surface area (Å²) in [6.07, 6.45) is 4.40. The van der Waals surface area contributed by atoms with Crippen LogP contribution < -0.4 is 0 Å². The molecular weight excluding hydrogens is 276 g/mol. The summed E-state index contributed by atoms with van der Waals surface area (Å²) >= 11 is 0. The molecule has 0 spiro atoms. The van der Waals surface area contributed by atoms with E-state index < -0.39 is 5.97 Å². The van der Waals surface area contributed by atoms with Crippen LogP contribution in [0.3, 0.4) is 0 Å². The maximum absolute atomic E-state index is 10.9. The minimum absolute atomic E-state index is 0.0552. The van der Waals surface area contributed by atoms with Gasteiger partial charge >= 0.3 is 5.97 Å². The molecule has 7 nitrogen and oxygen atoms in total. The van der Waals surface area contributed by atoms with Crippen LogP contribution >= 0.6 is 0 Å². The molecule has 2 heterocycles. The van der Waals surface area contributed by atoms with Crippen LogP contribution in [0.4, 0.5) is 0 Å². The van der Waals surface area contributed by atoms with Gasteiger partial charge in [-0.15, -0.1) is 0 Å². The van der Waals surface area contributed by atoms with E-state index in [0.717, 1.165) is 12.8 Å². The number of hydrogen-bond acceptors (Lipinski definition) is 6. The second-order valence-electron chi connectivity index (χ2n) is 5.11. The zero-order chi connectivity index (χ0) is 14.7. The van der Waals surface area contributed by atoms with Crippen molar-refractivity contribution >= 4 is 5.97 Å². The van der Waals surface area contributed by atoms with Crippen molar-refractivity contribution in [3.05, 3.63) is 24.3 Å². The lowest BCUT2D eigenvalue weighted by Gasteiger charge is -2.25. The van der Waals surface area contributed by atoms with Gasteiger partial charge in [0, 0.05) is 0 Å². The fraction of sp³-hybridized carbons (Fsp3) is 0.500. The molecular formula is C14H16N2O5. The fourth-order valence-corrected chi connectivity index (χ4v) is 2.48. The molecule has 1 saturated carbocycles. The Balaban J connectivity index is 1.49. The topological polar surface area (TPSA) is 98.6 Å². The molecule has 21 heavy (non-hydrogen) atoms. The van der Waals surface area contributed by atoms with Gasteiger partial charge in [0.15, 0.2) is 5.76 Å². The van der Waals surface area contributed by atoms with E-state index in [2.05, 4.69) is 10.1 Å². The molecule has 2 aromatic rings. The number of carboxylic acid groups (broad SMARTS) is 1. The van der Waals surface area contributed by atoms with Crippen LogP contribution in [0.2, 0.25) is 0 Å². The molecule has 2 aromatic heterocycles. The maximum Gasteiger partial charge on any atom is 0.306 e. The molecule has 0 amide bonds. The average Bonchev–Trinajstić information content (AvgIpc) is 3.16. The Morgan fingerprint density at radius 1 is 1.38 bits per heavy atom. The summed E-state index contributed by atoms with van der Waals surface area (Å²) in [4.78, 5) is 15.1. The number of carboxylic acids is 1. The molecule has 1 aliphatic rings. The molecule has 0 unspecified atom stereocenters. The highest BCUT2D eigenvalue weighted by molar-refractivity contribution is 5.70. The summed E-state index contributed by atoms with van der Waals surface area (Å²) in [5.41, 5.74) is 0. The van der Waals surface area contributed by atoms with Crippen LogP contribution in [-0.2, 0) is 16.1 Å². The van der Waals surface area contributed by atoms with Crippen LogP contribution in [0.25, 0.3) is 11.6 Å². The Bertz CT molecular complexity index is 584. The highest BCUT2D eigenvalue weighted by Crippen LogP contribution is 2.27. The zero-order valence-corrected chi connectivity index (χ0v) is 11.4. The Morgan fingerprint density at radius 3 is 2.86 bits per heavy atom. The molecule has 7 heteroatoms. The first-order valence-electron chi connectivity index (χ1n) is 6.93. The third-order valence-corrected chi connectivity index (χ3v) is 3.68. The Morgan fingerprint density at radius 2 is 2.19 bits per heavy atom. The monoisotopic (exact) mass is 292 g/mol. The van der Waals surface area contributed by atoms with E-state index in [1.54, 1.807) is 18.4 Å². The smallest absolute Gasteiger partial charge is 0.306 e. The number of ether oxygens (including phenoxy) is 1. The highest BCUT2D eigenvalue weighted by Gasteiger charge is 2.26. The standard InChI is InChI=1S/C14H16N2O5/c17-14(18)9-3-5-10(6-4-9)20-8-12-15-13(16-21-12)11-2-1-7-19-11/h1-2,7,9-10H,3-6,8H2,(H,17,18). The molecule has 0 aromatic carbocycles. The van der Waals surface area contributed by atoms with Gasteiger partial charge in [-0.2, -0.15) is 4.98 Å². The minimum Gasteiger partial charge on any atom is -0.481 e. The summed E-state index contributed by atoms with van der Waals surface area (Å²) in [7, 11) is 0. The first-order chi connectivity index (χ1) is 10.2. The first-order valence-corrected chi connectivity index (χ1v) is 6.93. The van der Waals surface area contributed by atoms with Crippen LogP contribution in [-0.4, -0.2) is 27.3 Å². The Labute approximate surface area is 120 Å². The van der Waals surface area contributed by atoms with Crippen LogP contribution in [0.15, 0.2) is 27.3 Å². The molecule has 1 N–H and O–H groups in total. The third-order valence-electron chi connectivity index (χ3n) is 3.68. The molecule has 1 aliphatic carbocycles. The number of rotatable bonds is 5. The quantitative estimate of drug-likeness (QED) is 0.903. The number of aliphatic carboxylic acids is 1. The third kappa shape index (κ3) is 3.30. The molecule has 0 saturated heterocycles. The summed E-state index contributed by atoms with van der Waals surface area (Å²) in [6.45, 7) is 0.232. The molecule has 112 valence electrons.